The third-order valence-electron chi connectivity index (χ3n) is 2.43. The van der Waals surface area contributed by atoms with Gasteiger partial charge in [-0.05, 0) is 6.92 Å². The minimum Gasteiger partial charge on any atom is -0.468 e. The van der Waals surface area contributed by atoms with Crippen molar-refractivity contribution in [3.05, 3.63) is 5.69 Å². The van der Waals surface area contributed by atoms with Gasteiger partial charge in [0.25, 0.3) is 0 Å². The van der Waals surface area contributed by atoms with Gasteiger partial charge >= 0.3 is 5.97 Å². The fraction of sp³-hybridized carbons (Fsp3) is 0.444. The Morgan fingerprint density at radius 3 is 2.88 bits per heavy atom. The molecule has 0 aliphatic rings. The third kappa shape index (κ3) is 1.40. The van der Waals surface area contributed by atoms with E-state index in [1.807, 2.05) is 6.92 Å². The molecule has 0 aliphatic heterocycles. The lowest BCUT2D eigenvalue weighted by atomic mass is 10.4. The fourth-order valence-electron chi connectivity index (χ4n) is 1.70. The van der Waals surface area contributed by atoms with Crippen LogP contribution in [0.4, 0.5) is 5.95 Å². The van der Waals surface area contributed by atoms with Gasteiger partial charge in [-0.15, -0.1) is 0 Å². The molecule has 0 saturated carbocycles. The summed E-state index contributed by atoms with van der Waals surface area (Å²) in [6.45, 7) is 1.88. The minimum atomic E-state index is -0.371. The van der Waals surface area contributed by atoms with Crippen molar-refractivity contribution in [2.75, 3.05) is 12.8 Å². The standard InChI is InChI=1S/C9H13N5O2/c1-5-7-8(13(2)12-5)14(9(10)11-7)4-6(15)16-3/h4H2,1-3H3,(H2,10,11). The zero-order chi connectivity index (χ0) is 11.9. The van der Waals surface area contributed by atoms with E-state index in [1.54, 1.807) is 16.3 Å². The first-order chi connectivity index (χ1) is 7.54. The van der Waals surface area contributed by atoms with Crippen molar-refractivity contribution in [2.24, 2.45) is 7.05 Å². The van der Waals surface area contributed by atoms with Crippen molar-refractivity contribution < 1.29 is 9.53 Å². The lowest BCUT2D eigenvalue weighted by Crippen LogP contribution is -2.15. The number of nitrogens with zero attached hydrogens (tertiary/aromatic N) is 4. The van der Waals surface area contributed by atoms with E-state index in [1.165, 1.54) is 7.11 Å². The SMILES string of the molecule is COC(=O)Cn1c(N)nc2c(C)nn(C)c21. The molecule has 16 heavy (non-hydrogen) atoms. The zero-order valence-electron chi connectivity index (χ0n) is 9.39. The molecule has 0 fully saturated rings. The van der Waals surface area contributed by atoms with Gasteiger partial charge in [-0.3, -0.25) is 14.0 Å². The second kappa shape index (κ2) is 3.51. The van der Waals surface area contributed by atoms with Crippen LogP contribution in [-0.2, 0) is 23.1 Å². The topological polar surface area (TPSA) is 88.0 Å². The fourth-order valence-corrected chi connectivity index (χ4v) is 1.70. The highest BCUT2D eigenvalue weighted by Crippen LogP contribution is 2.19. The summed E-state index contributed by atoms with van der Waals surface area (Å²) in [6, 6.07) is 0. The summed E-state index contributed by atoms with van der Waals surface area (Å²) in [5, 5.41) is 4.21. The Labute approximate surface area is 91.8 Å². The van der Waals surface area contributed by atoms with E-state index in [4.69, 9.17) is 5.73 Å². The number of aromatic nitrogens is 4. The first kappa shape index (κ1) is 10.5. The van der Waals surface area contributed by atoms with Crippen LogP contribution in [0.1, 0.15) is 5.69 Å². The van der Waals surface area contributed by atoms with E-state index in [-0.39, 0.29) is 18.5 Å². The number of rotatable bonds is 2. The van der Waals surface area contributed by atoms with Crippen LogP contribution in [0.25, 0.3) is 11.2 Å². The molecule has 0 amide bonds. The number of fused-ring (bicyclic) bond motifs is 1. The van der Waals surface area contributed by atoms with E-state index < -0.39 is 0 Å². The van der Waals surface area contributed by atoms with E-state index in [2.05, 4.69) is 14.8 Å². The van der Waals surface area contributed by atoms with Gasteiger partial charge in [0.05, 0.1) is 12.8 Å². The Bertz CT molecular complexity index is 554. The number of methoxy groups -OCH3 is 1. The number of hydrogen-bond acceptors (Lipinski definition) is 5. The van der Waals surface area contributed by atoms with Crippen molar-refractivity contribution in [3.8, 4) is 0 Å². The van der Waals surface area contributed by atoms with Crippen molar-refractivity contribution >= 4 is 23.1 Å². The normalized spacial score (nSPS) is 10.9. The smallest absolute Gasteiger partial charge is 0.325 e. The number of imidazole rings is 1. The molecule has 2 N–H and O–H groups in total. The lowest BCUT2D eigenvalue weighted by Gasteiger charge is -2.04. The summed E-state index contributed by atoms with van der Waals surface area (Å²) in [5.74, 6) is -0.0821. The van der Waals surface area contributed by atoms with Crippen LogP contribution in [0.15, 0.2) is 0 Å². The molecular weight excluding hydrogens is 210 g/mol. The monoisotopic (exact) mass is 223 g/mol. The van der Waals surface area contributed by atoms with Crippen LogP contribution in [-0.4, -0.2) is 32.4 Å². The molecule has 2 aromatic rings. The largest absolute Gasteiger partial charge is 0.468 e. The van der Waals surface area contributed by atoms with Crippen LogP contribution in [0.2, 0.25) is 0 Å². The van der Waals surface area contributed by atoms with Gasteiger partial charge in [0.15, 0.2) is 5.65 Å². The molecular formula is C9H13N5O2. The Morgan fingerprint density at radius 1 is 1.56 bits per heavy atom. The van der Waals surface area contributed by atoms with Gasteiger partial charge in [-0.25, -0.2) is 4.98 Å². The molecule has 0 unspecified atom stereocenters. The number of hydrogen-bond donors (Lipinski definition) is 1. The quantitative estimate of drug-likeness (QED) is 0.714. The lowest BCUT2D eigenvalue weighted by molar-refractivity contribution is -0.141. The molecule has 0 spiro atoms. The molecule has 0 aromatic carbocycles. The van der Waals surface area contributed by atoms with E-state index >= 15 is 0 Å². The summed E-state index contributed by atoms with van der Waals surface area (Å²) in [4.78, 5) is 15.4. The highest BCUT2D eigenvalue weighted by atomic mass is 16.5. The number of carbonyl (C=O) groups excluding carboxylic acids is 1. The predicted octanol–water partition coefficient (Wildman–Crippen LogP) is -0.167. The maximum atomic E-state index is 11.2. The van der Waals surface area contributed by atoms with Crippen molar-refractivity contribution in [3.63, 3.8) is 0 Å². The molecule has 0 bridgehead atoms. The molecule has 7 heteroatoms. The number of aryl methyl sites for hydroxylation is 2. The maximum Gasteiger partial charge on any atom is 0.325 e. The molecule has 0 saturated heterocycles. The van der Waals surface area contributed by atoms with Gasteiger partial charge < -0.3 is 10.5 Å². The highest BCUT2D eigenvalue weighted by molar-refractivity contribution is 5.80. The Balaban J connectivity index is 2.59. The number of nitrogen functional groups attached to an aromatic ring is 1. The molecule has 2 rings (SSSR count). The second-order valence-corrected chi connectivity index (χ2v) is 3.51. The number of carbonyl (C=O) groups is 1. The van der Waals surface area contributed by atoms with Crippen LogP contribution in [0.3, 0.4) is 0 Å². The predicted molar refractivity (Wildman–Crippen MR) is 57.7 cm³/mol. The van der Waals surface area contributed by atoms with E-state index in [0.29, 0.717) is 5.52 Å². The number of esters is 1. The summed E-state index contributed by atoms with van der Waals surface area (Å²) >= 11 is 0. The molecule has 2 aromatic heterocycles. The average Bonchev–Trinajstić information content (AvgIpc) is 2.68. The molecule has 7 nitrogen and oxygen atoms in total. The van der Waals surface area contributed by atoms with Crippen molar-refractivity contribution in [2.45, 2.75) is 13.5 Å². The Morgan fingerprint density at radius 2 is 2.25 bits per heavy atom. The van der Waals surface area contributed by atoms with Gasteiger partial charge in [-0.2, -0.15) is 5.10 Å². The average molecular weight is 223 g/mol. The molecule has 2 heterocycles. The minimum absolute atomic E-state index is 0.0395. The number of ether oxygens (including phenoxy) is 1. The highest BCUT2D eigenvalue weighted by Gasteiger charge is 2.17. The Hall–Kier alpha value is -2.05. The van der Waals surface area contributed by atoms with Crippen LogP contribution >= 0.6 is 0 Å². The van der Waals surface area contributed by atoms with Crippen molar-refractivity contribution in [1.29, 1.82) is 0 Å². The first-order valence-corrected chi connectivity index (χ1v) is 4.76. The summed E-state index contributed by atoms with van der Waals surface area (Å²) < 4.78 is 7.84. The number of nitrogens with two attached hydrogens (primary N) is 1. The summed E-state index contributed by atoms with van der Waals surface area (Å²) in [7, 11) is 3.12. The van der Waals surface area contributed by atoms with Gasteiger partial charge in [0.1, 0.15) is 12.1 Å². The molecule has 0 aliphatic carbocycles. The summed E-state index contributed by atoms with van der Waals surface area (Å²) in [6.07, 6.45) is 0. The zero-order valence-corrected chi connectivity index (χ0v) is 9.39. The van der Waals surface area contributed by atoms with Crippen LogP contribution in [0.5, 0.6) is 0 Å². The maximum absolute atomic E-state index is 11.2. The first-order valence-electron chi connectivity index (χ1n) is 4.76. The van der Waals surface area contributed by atoms with Crippen LogP contribution < -0.4 is 5.73 Å². The third-order valence-corrected chi connectivity index (χ3v) is 2.43. The van der Waals surface area contributed by atoms with Gasteiger partial charge in [0, 0.05) is 7.05 Å². The Kier molecular flexibility index (Phi) is 2.30. The van der Waals surface area contributed by atoms with Crippen molar-refractivity contribution in [1.82, 2.24) is 19.3 Å². The van der Waals surface area contributed by atoms with E-state index in [9.17, 15) is 4.79 Å². The number of anilines is 1. The van der Waals surface area contributed by atoms with Gasteiger partial charge in [-0.1, -0.05) is 0 Å². The summed E-state index contributed by atoms with van der Waals surface area (Å²) in [5.41, 5.74) is 7.96. The molecule has 0 radical (unpaired) electrons. The van der Waals surface area contributed by atoms with Crippen LogP contribution in [0, 0.1) is 6.92 Å². The van der Waals surface area contributed by atoms with E-state index in [0.717, 1.165) is 11.3 Å². The molecule has 86 valence electrons. The van der Waals surface area contributed by atoms with Gasteiger partial charge in [0.2, 0.25) is 5.95 Å². The molecule has 0 atom stereocenters. The second-order valence-electron chi connectivity index (χ2n) is 3.51.